The Hall–Kier alpha value is -2.21. The number of likely N-dealkylation sites (N-methyl/N-ethyl adjacent to an activating group) is 1. The number of nitrogens with one attached hydrogen (secondary N) is 1. The second kappa shape index (κ2) is 9.53. The van der Waals surface area contributed by atoms with Gasteiger partial charge >= 0.3 is 0 Å². The van der Waals surface area contributed by atoms with Crippen LogP contribution in [0.5, 0.6) is 0 Å². The van der Waals surface area contributed by atoms with Gasteiger partial charge in [0.1, 0.15) is 5.82 Å². The maximum Gasteiger partial charge on any atom is 0.123 e. The number of aryl methyl sites for hydroxylation is 1. The fourth-order valence-corrected chi connectivity index (χ4v) is 3.74. The van der Waals surface area contributed by atoms with Gasteiger partial charge in [0.2, 0.25) is 0 Å². The van der Waals surface area contributed by atoms with Crippen LogP contribution in [-0.2, 0) is 13.1 Å². The molecule has 1 atom stereocenters. The van der Waals surface area contributed by atoms with E-state index in [0.29, 0.717) is 6.54 Å². The summed E-state index contributed by atoms with van der Waals surface area (Å²) in [5.74, 6) is -0.212. The fourth-order valence-electron chi connectivity index (χ4n) is 3.55. The van der Waals surface area contributed by atoms with Gasteiger partial charge in [-0.25, -0.2) is 4.39 Å². The highest BCUT2D eigenvalue weighted by Crippen LogP contribution is 2.21. The standard InChI is InChI=1S/C23H28ClFN4/c1-16-21(17(2)29(27-16)15-19-7-5-6-8-22(19)24)13-26-14-23(28(3)4)18-9-11-20(25)12-10-18/h5-12,23,26H,13-15H2,1-4H3. The lowest BCUT2D eigenvalue weighted by Gasteiger charge is -2.25. The first-order valence-electron chi connectivity index (χ1n) is 9.75. The first kappa shape index (κ1) is 21.5. The molecule has 0 saturated heterocycles. The molecule has 0 spiro atoms. The summed E-state index contributed by atoms with van der Waals surface area (Å²) in [6, 6.07) is 14.7. The van der Waals surface area contributed by atoms with Gasteiger partial charge < -0.3 is 10.2 Å². The zero-order valence-corrected chi connectivity index (χ0v) is 18.2. The third-order valence-corrected chi connectivity index (χ3v) is 5.70. The molecule has 0 aliphatic rings. The Morgan fingerprint density at radius 2 is 1.79 bits per heavy atom. The van der Waals surface area contributed by atoms with E-state index in [-0.39, 0.29) is 11.9 Å². The predicted molar refractivity (Wildman–Crippen MR) is 117 cm³/mol. The van der Waals surface area contributed by atoms with Gasteiger partial charge in [0.15, 0.2) is 0 Å². The molecule has 3 aromatic rings. The van der Waals surface area contributed by atoms with Crippen LogP contribution in [-0.4, -0.2) is 35.3 Å². The molecule has 1 N–H and O–H groups in total. The lowest BCUT2D eigenvalue weighted by atomic mass is 10.1. The summed E-state index contributed by atoms with van der Waals surface area (Å²) in [5.41, 5.74) is 5.51. The highest BCUT2D eigenvalue weighted by atomic mass is 35.5. The number of rotatable bonds is 8. The van der Waals surface area contributed by atoms with E-state index >= 15 is 0 Å². The topological polar surface area (TPSA) is 33.1 Å². The van der Waals surface area contributed by atoms with Gasteiger partial charge in [0, 0.05) is 35.4 Å². The Morgan fingerprint density at radius 1 is 1.10 bits per heavy atom. The molecular weight excluding hydrogens is 387 g/mol. The van der Waals surface area contributed by atoms with E-state index in [2.05, 4.69) is 17.1 Å². The molecule has 3 rings (SSSR count). The SMILES string of the molecule is Cc1nn(Cc2ccccc2Cl)c(C)c1CNCC(c1ccc(F)cc1)N(C)C. The zero-order valence-electron chi connectivity index (χ0n) is 17.4. The number of hydrogen-bond acceptors (Lipinski definition) is 3. The van der Waals surface area contributed by atoms with Crippen LogP contribution in [0, 0.1) is 19.7 Å². The van der Waals surface area contributed by atoms with E-state index in [1.807, 2.05) is 62.1 Å². The second-order valence-corrected chi connectivity index (χ2v) is 7.97. The minimum Gasteiger partial charge on any atom is -0.311 e. The van der Waals surface area contributed by atoms with Crippen molar-refractivity contribution in [1.29, 1.82) is 0 Å². The third-order valence-electron chi connectivity index (χ3n) is 5.33. The molecule has 0 amide bonds. The zero-order chi connectivity index (χ0) is 21.0. The van der Waals surface area contributed by atoms with Gasteiger partial charge in [-0.3, -0.25) is 4.68 Å². The minimum absolute atomic E-state index is 0.161. The van der Waals surface area contributed by atoms with Crippen LogP contribution in [0.4, 0.5) is 4.39 Å². The summed E-state index contributed by atoms with van der Waals surface area (Å²) in [5, 5.41) is 9.02. The number of aromatic nitrogens is 2. The Bertz CT molecular complexity index is 950. The van der Waals surface area contributed by atoms with Gasteiger partial charge in [-0.2, -0.15) is 5.10 Å². The number of benzene rings is 2. The minimum atomic E-state index is -0.212. The molecule has 4 nitrogen and oxygen atoms in total. The Balaban J connectivity index is 1.68. The van der Waals surface area contributed by atoms with Crippen LogP contribution < -0.4 is 5.32 Å². The van der Waals surface area contributed by atoms with Crippen molar-refractivity contribution in [1.82, 2.24) is 20.0 Å². The summed E-state index contributed by atoms with van der Waals surface area (Å²) in [6.07, 6.45) is 0. The molecule has 0 aliphatic heterocycles. The molecule has 1 unspecified atom stereocenters. The van der Waals surface area contributed by atoms with E-state index in [4.69, 9.17) is 16.7 Å². The van der Waals surface area contributed by atoms with Gasteiger partial charge in [-0.1, -0.05) is 41.9 Å². The number of hydrogen-bond donors (Lipinski definition) is 1. The highest BCUT2D eigenvalue weighted by molar-refractivity contribution is 6.31. The molecule has 0 bridgehead atoms. The van der Waals surface area contributed by atoms with E-state index in [1.165, 1.54) is 17.7 Å². The molecule has 0 saturated carbocycles. The van der Waals surface area contributed by atoms with Crippen molar-refractivity contribution < 1.29 is 4.39 Å². The van der Waals surface area contributed by atoms with Crippen molar-refractivity contribution in [2.45, 2.75) is 33.0 Å². The van der Waals surface area contributed by atoms with E-state index < -0.39 is 0 Å². The summed E-state index contributed by atoms with van der Waals surface area (Å²) in [4.78, 5) is 2.14. The molecule has 1 heterocycles. The fraction of sp³-hybridized carbons (Fsp3) is 0.348. The Kier molecular flexibility index (Phi) is 7.06. The molecule has 6 heteroatoms. The van der Waals surface area contributed by atoms with Crippen LogP contribution in [0.3, 0.4) is 0 Å². The van der Waals surface area contributed by atoms with E-state index in [0.717, 1.165) is 40.6 Å². The van der Waals surface area contributed by atoms with Crippen molar-refractivity contribution in [2.24, 2.45) is 0 Å². The van der Waals surface area contributed by atoms with Crippen molar-refractivity contribution in [3.8, 4) is 0 Å². The summed E-state index contributed by atoms with van der Waals surface area (Å²) in [7, 11) is 4.07. The second-order valence-electron chi connectivity index (χ2n) is 7.56. The molecule has 154 valence electrons. The van der Waals surface area contributed by atoms with Gasteiger partial charge in [0.05, 0.1) is 12.2 Å². The van der Waals surface area contributed by atoms with Crippen LogP contribution in [0.1, 0.15) is 34.1 Å². The molecule has 2 aromatic carbocycles. The molecule has 0 aliphatic carbocycles. The maximum absolute atomic E-state index is 13.3. The Morgan fingerprint density at radius 3 is 2.45 bits per heavy atom. The Labute approximate surface area is 177 Å². The van der Waals surface area contributed by atoms with Gasteiger partial charge in [0.25, 0.3) is 0 Å². The first-order valence-corrected chi connectivity index (χ1v) is 10.1. The number of halogens is 2. The third kappa shape index (κ3) is 5.24. The highest BCUT2D eigenvalue weighted by Gasteiger charge is 2.16. The molecular formula is C23H28ClFN4. The van der Waals surface area contributed by atoms with E-state index in [1.54, 1.807) is 0 Å². The van der Waals surface area contributed by atoms with Crippen LogP contribution in [0.15, 0.2) is 48.5 Å². The maximum atomic E-state index is 13.3. The molecule has 1 aromatic heterocycles. The predicted octanol–water partition coefficient (Wildman–Crippen LogP) is 4.73. The van der Waals surface area contributed by atoms with E-state index in [9.17, 15) is 4.39 Å². The molecule has 0 radical (unpaired) electrons. The monoisotopic (exact) mass is 414 g/mol. The van der Waals surface area contributed by atoms with Gasteiger partial charge in [-0.05, 0) is 57.3 Å². The van der Waals surface area contributed by atoms with Crippen molar-refractivity contribution >= 4 is 11.6 Å². The average Bonchev–Trinajstić information content (AvgIpc) is 2.95. The van der Waals surface area contributed by atoms with Crippen molar-refractivity contribution in [2.75, 3.05) is 20.6 Å². The summed E-state index contributed by atoms with van der Waals surface area (Å²) >= 11 is 6.31. The molecule has 0 fully saturated rings. The van der Waals surface area contributed by atoms with Gasteiger partial charge in [-0.15, -0.1) is 0 Å². The molecule has 29 heavy (non-hydrogen) atoms. The van der Waals surface area contributed by atoms with Crippen LogP contribution >= 0.6 is 11.6 Å². The van der Waals surface area contributed by atoms with Crippen LogP contribution in [0.2, 0.25) is 5.02 Å². The summed E-state index contributed by atoms with van der Waals surface area (Å²) < 4.78 is 15.3. The normalized spacial score (nSPS) is 12.5. The number of nitrogens with zero attached hydrogens (tertiary/aromatic N) is 3. The smallest absolute Gasteiger partial charge is 0.123 e. The van der Waals surface area contributed by atoms with Crippen molar-refractivity contribution in [3.05, 3.63) is 87.4 Å². The lowest BCUT2D eigenvalue weighted by Crippen LogP contribution is -2.31. The average molecular weight is 415 g/mol. The lowest BCUT2D eigenvalue weighted by molar-refractivity contribution is 0.288. The largest absolute Gasteiger partial charge is 0.311 e. The van der Waals surface area contributed by atoms with Crippen molar-refractivity contribution in [3.63, 3.8) is 0 Å². The summed E-state index contributed by atoms with van der Waals surface area (Å²) in [6.45, 7) is 6.27. The quantitative estimate of drug-likeness (QED) is 0.578. The van der Waals surface area contributed by atoms with Crippen LogP contribution in [0.25, 0.3) is 0 Å². The first-order chi connectivity index (χ1) is 13.9.